The molecule has 0 saturated heterocycles. The van der Waals surface area contributed by atoms with E-state index < -0.39 is 45.1 Å². The minimum Gasteiger partial charge on any atom is -0.267 e. The highest BCUT2D eigenvalue weighted by atomic mass is 32.2. The summed E-state index contributed by atoms with van der Waals surface area (Å²) < 4.78 is 93.7. The molecule has 0 bridgehead atoms. The first kappa shape index (κ1) is 19.0. The molecule has 1 atom stereocenters. The monoisotopic (exact) mass is 408 g/mol. The van der Waals surface area contributed by atoms with Crippen molar-refractivity contribution in [2.45, 2.75) is 11.7 Å². The third-order valence-corrected chi connectivity index (χ3v) is 4.61. The van der Waals surface area contributed by atoms with Crippen LogP contribution in [0.5, 0.6) is 0 Å². The van der Waals surface area contributed by atoms with Crippen LogP contribution in [-0.2, 0) is 14.3 Å². The quantitative estimate of drug-likeness (QED) is 0.480. The number of para-hydroxylation sites is 1. The molecule has 1 aliphatic heterocycles. The second-order valence-electron chi connectivity index (χ2n) is 5.32. The van der Waals surface area contributed by atoms with Gasteiger partial charge >= 0.3 is 15.6 Å². The number of alkyl halides is 3. The van der Waals surface area contributed by atoms with Crippen molar-refractivity contribution in [2.75, 3.05) is 5.01 Å². The molecule has 1 aliphatic rings. The Morgan fingerprint density at radius 3 is 2.19 bits per heavy atom. The number of halogens is 5. The summed E-state index contributed by atoms with van der Waals surface area (Å²) in [5.41, 5.74) is -5.36. The summed E-state index contributed by atoms with van der Waals surface area (Å²) in [7, 11) is -6.16. The molecule has 144 valence electrons. The fraction of sp³-hybridized carbons (Fsp3) is 0.133. The normalized spacial score (nSPS) is 17.4. The number of hydrogen-bond donors (Lipinski definition) is 1. The number of anilines is 1. The largest absolute Gasteiger partial charge is 0.523 e. The standard InChI is InChI=1S/C15H9F5N2O4S/c16-10-6-3-7-11(17)12(10)22-14(26-27(24,25)15(18,19)20)9-5-2-1-4-8(9)13(23)21-22/h1-7,14H,(H,21,23). The Hall–Kier alpha value is -2.73. The molecule has 1 unspecified atom stereocenters. The Morgan fingerprint density at radius 1 is 1.00 bits per heavy atom. The summed E-state index contributed by atoms with van der Waals surface area (Å²) in [4.78, 5) is 12.2. The average Bonchev–Trinajstić information content (AvgIpc) is 2.57. The third-order valence-electron chi connectivity index (χ3n) is 3.61. The molecule has 2 aromatic rings. The van der Waals surface area contributed by atoms with E-state index in [1.165, 1.54) is 18.2 Å². The number of amides is 1. The Balaban J connectivity index is 2.19. The van der Waals surface area contributed by atoms with Gasteiger partial charge in [-0.15, -0.1) is 0 Å². The molecule has 2 aromatic carbocycles. The highest BCUT2D eigenvalue weighted by Crippen LogP contribution is 2.38. The van der Waals surface area contributed by atoms with Crippen LogP contribution < -0.4 is 10.4 Å². The lowest BCUT2D eigenvalue weighted by atomic mass is 10.0. The van der Waals surface area contributed by atoms with Crippen LogP contribution >= 0.6 is 0 Å². The maximum absolute atomic E-state index is 14.1. The van der Waals surface area contributed by atoms with Crippen LogP contribution in [0.3, 0.4) is 0 Å². The molecule has 27 heavy (non-hydrogen) atoms. The summed E-state index contributed by atoms with van der Waals surface area (Å²) in [6.07, 6.45) is -2.20. The maximum Gasteiger partial charge on any atom is 0.523 e. The summed E-state index contributed by atoms with van der Waals surface area (Å²) in [6, 6.07) is 7.50. The zero-order chi connectivity index (χ0) is 20.0. The van der Waals surface area contributed by atoms with E-state index in [0.29, 0.717) is 0 Å². The fourth-order valence-electron chi connectivity index (χ4n) is 2.45. The lowest BCUT2D eigenvalue weighted by Crippen LogP contribution is -2.52. The minimum atomic E-state index is -6.16. The van der Waals surface area contributed by atoms with E-state index in [2.05, 4.69) is 4.18 Å². The van der Waals surface area contributed by atoms with Gasteiger partial charge in [-0.05, 0) is 18.2 Å². The van der Waals surface area contributed by atoms with Crippen LogP contribution in [0.2, 0.25) is 0 Å². The van der Waals surface area contributed by atoms with Gasteiger partial charge in [-0.1, -0.05) is 24.3 Å². The smallest absolute Gasteiger partial charge is 0.267 e. The van der Waals surface area contributed by atoms with E-state index in [9.17, 15) is 35.2 Å². The average molecular weight is 408 g/mol. The molecule has 1 N–H and O–H groups in total. The number of hydrogen-bond acceptors (Lipinski definition) is 5. The number of benzene rings is 2. The molecule has 0 fully saturated rings. The van der Waals surface area contributed by atoms with Gasteiger partial charge < -0.3 is 0 Å². The second-order valence-corrected chi connectivity index (χ2v) is 6.88. The SMILES string of the molecule is O=C1NN(c2c(F)cccc2F)C(OS(=O)(=O)C(F)(F)F)c2ccccc21. The second kappa shape index (κ2) is 6.46. The zero-order valence-electron chi connectivity index (χ0n) is 13.0. The van der Waals surface area contributed by atoms with E-state index in [1.807, 2.05) is 5.43 Å². The predicted molar refractivity (Wildman–Crippen MR) is 81.5 cm³/mol. The van der Waals surface area contributed by atoms with Crippen molar-refractivity contribution in [3.8, 4) is 0 Å². The zero-order valence-corrected chi connectivity index (χ0v) is 13.8. The first-order valence-electron chi connectivity index (χ1n) is 7.15. The van der Waals surface area contributed by atoms with Gasteiger partial charge in [-0.3, -0.25) is 10.2 Å². The van der Waals surface area contributed by atoms with Gasteiger partial charge in [0, 0.05) is 11.1 Å². The Morgan fingerprint density at radius 2 is 1.59 bits per heavy atom. The lowest BCUT2D eigenvalue weighted by Gasteiger charge is -2.37. The van der Waals surface area contributed by atoms with Crippen LogP contribution in [0.1, 0.15) is 22.1 Å². The lowest BCUT2D eigenvalue weighted by molar-refractivity contribution is -0.0579. The molecule has 0 aliphatic carbocycles. The van der Waals surface area contributed by atoms with Gasteiger partial charge in [0.1, 0.15) is 5.69 Å². The number of nitrogens with one attached hydrogen (secondary N) is 1. The molecule has 0 aromatic heterocycles. The van der Waals surface area contributed by atoms with Gasteiger partial charge in [-0.25, -0.2) is 18.0 Å². The molecule has 12 heteroatoms. The highest BCUT2D eigenvalue weighted by molar-refractivity contribution is 7.87. The maximum atomic E-state index is 14.1. The number of hydrazine groups is 1. The number of rotatable bonds is 3. The summed E-state index contributed by atoms with van der Waals surface area (Å²) in [5.74, 6) is -3.43. The highest BCUT2D eigenvalue weighted by Gasteiger charge is 2.51. The first-order chi connectivity index (χ1) is 12.5. The molecular formula is C15H9F5N2O4S. The Labute approximate surface area is 149 Å². The molecule has 6 nitrogen and oxygen atoms in total. The van der Waals surface area contributed by atoms with E-state index in [4.69, 9.17) is 0 Å². The third kappa shape index (κ3) is 3.32. The number of fused-ring (bicyclic) bond motifs is 1. The van der Waals surface area contributed by atoms with E-state index in [-0.39, 0.29) is 16.1 Å². The van der Waals surface area contributed by atoms with Crippen LogP contribution in [0.25, 0.3) is 0 Å². The van der Waals surface area contributed by atoms with E-state index >= 15 is 0 Å². The van der Waals surface area contributed by atoms with Crippen molar-refractivity contribution >= 4 is 21.7 Å². The molecule has 0 saturated carbocycles. The van der Waals surface area contributed by atoms with Crippen LogP contribution in [0.4, 0.5) is 27.6 Å². The van der Waals surface area contributed by atoms with Crippen molar-refractivity contribution in [1.29, 1.82) is 0 Å². The van der Waals surface area contributed by atoms with E-state index in [1.54, 1.807) is 0 Å². The molecule has 0 radical (unpaired) electrons. The van der Waals surface area contributed by atoms with Gasteiger partial charge in [-0.2, -0.15) is 21.6 Å². The minimum absolute atomic E-state index is 0.215. The number of carbonyl (C=O) groups excluding carboxylic acids is 1. The summed E-state index contributed by atoms with van der Waals surface area (Å²) in [6.45, 7) is 0. The first-order valence-corrected chi connectivity index (χ1v) is 8.56. The van der Waals surface area contributed by atoms with Crippen LogP contribution in [-0.4, -0.2) is 19.8 Å². The van der Waals surface area contributed by atoms with Gasteiger partial charge in [0.05, 0.1) is 0 Å². The topological polar surface area (TPSA) is 75.7 Å². The molecule has 3 rings (SSSR count). The van der Waals surface area contributed by atoms with Crippen molar-refractivity contribution in [2.24, 2.45) is 0 Å². The molecule has 0 spiro atoms. The molecule has 1 heterocycles. The van der Waals surface area contributed by atoms with Crippen molar-refractivity contribution in [3.63, 3.8) is 0 Å². The molecule has 1 amide bonds. The van der Waals surface area contributed by atoms with Gasteiger partial charge in [0.15, 0.2) is 17.9 Å². The van der Waals surface area contributed by atoms with Gasteiger partial charge in [0.2, 0.25) is 0 Å². The summed E-state index contributed by atoms with van der Waals surface area (Å²) in [5, 5.41) is 0.263. The fourth-order valence-corrected chi connectivity index (χ4v) is 2.99. The van der Waals surface area contributed by atoms with Gasteiger partial charge in [0.25, 0.3) is 5.91 Å². The van der Waals surface area contributed by atoms with Crippen molar-refractivity contribution in [3.05, 3.63) is 65.2 Å². The van der Waals surface area contributed by atoms with Crippen molar-refractivity contribution < 1.29 is 39.3 Å². The summed E-state index contributed by atoms with van der Waals surface area (Å²) >= 11 is 0. The number of carbonyl (C=O) groups is 1. The van der Waals surface area contributed by atoms with Crippen LogP contribution in [0.15, 0.2) is 42.5 Å². The number of nitrogens with zero attached hydrogens (tertiary/aromatic N) is 1. The molecular weight excluding hydrogens is 399 g/mol. The Bertz CT molecular complexity index is 989. The Kier molecular flexibility index (Phi) is 4.56. The predicted octanol–water partition coefficient (Wildman–Crippen LogP) is 2.99. The van der Waals surface area contributed by atoms with E-state index in [0.717, 1.165) is 24.3 Å². The van der Waals surface area contributed by atoms with Crippen molar-refractivity contribution in [1.82, 2.24) is 5.43 Å². The van der Waals surface area contributed by atoms with Crippen LogP contribution in [0, 0.1) is 11.6 Å².